The molecule has 0 bridgehead atoms. The van der Waals surface area contributed by atoms with Gasteiger partial charge in [0.2, 0.25) is 0 Å². The number of nitrogens with one attached hydrogen (secondary N) is 2. The lowest BCUT2D eigenvalue weighted by atomic mass is 10.2. The molecule has 2 N–H and O–H groups in total. The second-order valence-electron chi connectivity index (χ2n) is 5.43. The molecule has 1 fully saturated rings. The molecule has 1 aliphatic carbocycles. The van der Waals surface area contributed by atoms with Crippen LogP contribution in [0.15, 0.2) is 36.5 Å². The summed E-state index contributed by atoms with van der Waals surface area (Å²) in [6.07, 6.45) is 7.16. The maximum absolute atomic E-state index is 5.96. The molecule has 1 unspecified atom stereocenters. The van der Waals surface area contributed by atoms with Gasteiger partial charge in [0.25, 0.3) is 0 Å². The van der Waals surface area contributed by atoms with Crippen molar-refractivity contribution in [3.63, 3.8) is 0 Å². The van der Waals surface area contributed by atoms with E-state index in [0.717, 1.165) is 17.1 Å². The van der Waals surface area contributed by atoms with E-state index in [9.17, 15) is 0 Å². The van der Waals surface area contributed by atoms with Crippen molar-refractivity contribution >= 4 is 5.69 Å². The zero-order chi connectivity index (χ0) is 13.8. The van der Waals surface area contributed by atoms with Crippen molar-refractivity contribution in [2.45, 2.75) is 44.8 Å². The highest BCUT2D eigenvalue weighted by molar-refractivity contribution is 5.47. The molecule has 0 spiro atoms. The third-order valence-corrected chi connectivity index (χ3v) is 3.83. The molecular weight excluding hydrogens is 250 g/mol. The first kappa shape index (κ1) is 13.0. The topological polar surface area (TPSA) is 49.9 Å². The summed E-state index contributed by atoms with van der Waals surface area (Å²) < 4.78 is 5.96. The van der Waals surface area contributed by atoms with E-state index in [0.29, 0.717) is 6.10 Å². The van der Waals surface area contributed by atoms with E-state index < -0.39 is 0 Å². The summed E-state index contributed by atoms with van der Waals surface area (Å²) in [6, 6.07) is 10.4. The van der Waals surface area contributed by atoms with Crippen molar-refractivity contribution in [3.8, 4) is 5.75 Å². The second-order valence-corrected chi connectivity index (χ2v) is 5.43. The van der Waals surface area contributed by atoms with Crippen molar-refractivity contribution in [2.75, 3.05) is 5.32 Å². The highest BCUT2D eigenvalue weighted by atomic mass is 16.5. The lowest BCUT2D eigenvalue weighted by Gasteiger charge is -2.16. The molecule has 0 radical (unpaired) electrons. The van der Waals surface area contributed by atoms with Crippen molar-refractivity contribution in [1.82, 2.24) is 10.2 Å². The van der Waals surface area contributed by atoms with Gasteiger partial charge in [0, 0.05) is 11.9 Å². The van der Waals surface area contributed by atoms with Crippen LogP contribution in [0.3, 0.4) is 0 Å². The summed E-state index contributed by atoms with van der Waals surface area (Å²) in [5.74, 6) is 0.969. The highest BCUT2D eigenvalue weighted by Gasteiger charge is 2.16. The number of ether oxygens (including phenoxy) is 1. The third kappa shape index (κ3) is 3.13. The van der Waals surface area contributed by atoms with Gasteiger partial charge in [-0.25, -0.2) is 0 Å². The van der Waals surface area contributed by atoms with Crippen LogP contribution in [0.4, 0.5) is 5.69 Å². The Morgan fingerprint density at radius 1 is 1.20 bits per heavy atom. The molecule has 4 heteroatoms. The quantitative estimate of drug-likeness (QED) is 0.867. The Kier molecular flexibility index (Phi) is 3.90. The fraction of sp³-hybridized carbons (Fsp3) is 0.438. The zero-order valence-corrected chi connectivity index (χ0v) is 11.8. The number of hydrogen-bond donors (Lipinski definition) is 2. The van der Waals surface area contributed by atoms with Crippen LogP contribution in [0.5, 0.6) is 5.75 Å². The number of aromatic amines is 1. The van der Waals surface area contributed by atoms with Crippen molar-refractivity contribution < 1.29 is 4.74 Å². The Bertz CT molecular complexity index is 515. The lowest BCUT2D eigenvalue weighted by molar-refractivity contribution is 0.210. The molecular formula is C16H21N3O. The number of aromatic nitrogens is 2. The van der Waals surface area contributed by atoms with Crippen LogP contribution in [-0.4, -0.2) is 16.3 Å². The second kappa shape index (κ2) is 5.99. The fourth-order valence-corrected chi connectivity index (χ4v) is 2.66. The number of benzene rings is 1. The molecule has 1 aromatic carbocycles. The SMILES string of the molecule is CC(Nc1ccc(OC2CCCC2)cc1)c1ccn[nH]1. The number of anilines is 1. The van der Waals surface area contributed by atoms with Gasteiger partial charge in [-0.3, -0.25) is 5.10 Å². The average molecular weight is 271 g/mol. The molecule has 106 valence electrons. The maximum Gasteiger partial charge on any atom is 0.119 e. The smallest absolute Gasteiger partial charge is 0.119 e. The predicted molar refractivity (Wildman–Crippen MR) is 80.0 cm³/mol. The minimum absolute atomic E-state index is 0.208. The summed E-state index contributed by atoms with van der Waals surface area (Å²) in [4.78, 5) is 0. The molecule has 1 aromatic heterocycles. The Labute approximate surface area is 119 Å². The van der Waals surface area contributed by atoms with E-state index in [2.05, 4.69) is 34.6 Å². The van der Waals surface area contributed by atoms with Gasteiger partial charge in [-0.2, -0.15) is 5.10 Å². The van der Waals surface area contributed by atoms with Crippen molar-refractivity contribution in [1.29, 1.82) is 0 Å². The molecule has 2 aromatic rings. The van der Waals surface area contributed by atoms with E-state index in [-0.39, 0.29) is 6.04 Å². The number of hydrogen-bond acceptors (Lipinski definition) is 3. The predicted octanol–water partition coefficient (Wildman–Crippen LogP) is 3.90. The molecule has 1 aliphatic rings. The van der Waals surface area contributed by atoms with Crippen LogP contribution in [0.25, 0.3) is 0 Å². The number of nitrogens with zero attached hydrogens (tertiary/aromatic N) is 1. The van der Waals surface area contributed by atoms with Crippen LogP contribution in [0.2, 0.25) is 0 Å². The molecule has 0 amide bonds. The maximum atomic E-state index is 5.96. The van der Waals surface area contributed by atoms with Crippen molar-refractivity contribution in [2.24, 2.45) is 0 Å². The summed E-state index contributed by atoms with van der Waals surface area (Å²) in [6.45, 7) is 2.11. The standard InChI is InChI=1S/C16H21N3O/c1-12(16-10-11-17-19-16)18-13-6-8-15(9-7-13)20-14-4-2-3-5-14/h6-12,14,18H,2-5H2,1H3,(H,17,19). The van der Waals surface area contributed by atoms with Crippen LogP contribution in [-0.2, 0) is 0 Å². The van der Waals surface area contributed by atoms with E-state index in [1.165, 1.54) is 25.7 Å². The Hall–Kier alpha value is -1.97. The van der Waals surface area contributed by atoms with E-state index >= 15 is 0 Å². The van der Waals surface area contributed by atoms with Gasteiger partial charge in [-0.15, -0.1) is 0 Å². The molecule has 4 nitrogen and oxygen atoms in total. The lowest BCUT2D eigenvalue weighted by Crippen LogP contribution is -2.11. The van der Waals surface area contributed by atoms with Gasteiger partial charge >= 0.3 is 0 Å². The number of H-pyrrole nitrogens is 1. The average Bonchev–Trinajstić information content (AvgIpc) is 3.13. The van der Waals surface area contributed by atoms with Crippen LogP contribution in [0, 0.1) is 0 Å². The largest absolute Gasteiger partial charge is 0.490 e. The summed E-state index contributed by atoms with van der Waals surface area (Å²) in [5, 5.41) is 10.4. The van der Waals surface area contributed by atoms with Crippen molar-refractivity contribution in [3.05, 3.63) is 42.2 Å². The minimum Gasteiger partial charge on any atom is -0.490 e. The Balaban J connectivity index is 1.58. The molecule has 0 saturated heterocycles. The zero-order valence-electron chi connectivity index (χ0n) is 11.8. The summed E-state index contributed by atoms with van der Waals surface area (Å²) in [5.41, 5.74) is 2.17. The first-order valence-corrected chi connectivity index (χ1v) is 7.34. The first-order valence-electron chi connectivity index (χ1n) is 7.34. The Morgan fingerprint density at radius 2 is 1.95 bits per heavy atom. The molecule has 1 atom stereocenters. The van der Waals surface area contributed by atoms with Gasteiger partial charge in [-0.05, 0) is 62.9 Å². The normalized spacial score (nSPS) is 17.1. The van der Waals surface area contributed by atoms with Crippen LogP contribution in [0.1, 0.15) is 44.3 Å². The minimum atomic E-state index is 0.208. The third-order valence-electron chi connectivity index (χ3n) is 3.83. The summed E-state index contributed by atoms with van der Waals surface area (Å²) >= 11 is 0. The summed E-state index contributed by atoms with van der Waals surface area (Å²) in [7, 11) is 0. The van der Waals surface area contributed by atoms with E-state index in [1.807, 2.05) is 18.2 Å². The van der Waals surface area contributed by atoms with Gasteiger partial charge in [0.1, 0.15) is 5.75 Å². The van der Waals surface area contributed by atoms with E-state index in [1.54, 1.807) is 6.20 Å². The molecule has 3 rings (SSSR count). The molecule has 20 heavy (non-hydrogen) atoms. The fourth-order valence-electron chi connectivity index (χ4n) is 2.66. The monoisotopic (exact) mass is 271 g/mol. The Morgan fingerprint density at radius 3 is 2.60 bits per heavy atom. The van der Waals surface area contributed by atoms with Crippen LogP contribution >= 0.6 is 0 Å². The molecule has 1 saturated carbocycles. The van der Waals surface area contributed by atoms with Gasteiger partial charge in [-0.1, -0.05) is 0 Å². The molecule has 0 aliphatic heterocycles. The van der Waals surface area contributed by atoms with Gasteiger partial charge in [0.05, 0.1) is 17.8 Å². The van der Waals surface area contributed by atoms with Gasteiger partial charge < -0.3 is 10.1 Å². The van der Waals surface area contributed by atoms with E-state index in [4.69, 9.17) is 4.74 Å². The number of rotatable bonds is 5. The highest BCUT2D eigenvalue weighted by Crippen LogP contribution is 2.26. The van der Waals surface area contributed by atoms with Crippen LogP contribution < -0.4 is 10.1 Å². The molecule has 1 heterocycles. The van der Waals surface area contributed by atoms with Gasteiger partial charge in [0.15, 0.2) is 0 Å². The first-order chi connectivity index (χ1) is 9.81.